The smallest absolute Gasteiger partial charge is 0.152 e. The van der Waals surface area contributed by atoms with E-state index in [1.807, 2.05) is 24.3 Å². The number of nitrogens with zero attached hydrogens (tertiary/aromatic N) is 1. The molecule has 0 radical (unpaired) electrons. The van der Waals surface area contributed by atoms with Crippen molar-refractivity contribution in [2.45, 2.75) is 13.0 Å². The van der Waals surface area contributed by atoms with Gasteiger partial charge in [-0.05, 0) is 6.07 Å². The largest absolute Gasteiger partial charge is 0.550 e. The van der Waals surface area contributed by atoms with Gasteiger partial charge in [0.2, 0.25) is 0 Å². The highest BCUT2D eigenvalue weighted by Crippen LogP contribution is 2.19. The van der Waals surface area contributed by atoms with Crippen LogP contribution in [0.3, 0.4) is 0 Å². The summed E-state index contributed by atoms with van der Waals surface area (Å²) in [6, 6.07) is 7.40. The van der Waals surface area contributed by atoms with Crippen LogP contribution in [0, 0.1) is 0 Å². The molecular weight excluding hydrogens is 206 g/mol. The first kappa shape index (κ1) is 10.4. The number of aromatic nitrogens is 1. The van der Waals surface area contributed by atoms with Crippen LogP contribution in [-0.2, 0) is 11.3 Å². The second kappa shape index (κ2) is 4.18. The molecular formula is C12H10NO3-. The summed E-state index contributed by atoms with van der Waals surface area (Å²) >= 11 is 0. The third-order valence-corrected chi connectivity index (χ3v) is 2.50. The molecule has 1 aromatic heterocycles. The highest BCUT2D eigenvalue weighted by molar-refractivity contribution is 5.97. The van der Waals surface area contributed by atoms with Crippen LogP contribution >= 0.6 is 0 Å². The maximum atomic E-state index is 10.8. The van der Waals surface area contributed by atoms with E-state index in [2.05, 4.69) is 0 Å². The van der Waals surface area contributed by atoms with E-state index in [4.69, 9.17) is 0 Å². The molecule has 2 aromatic rings. The number of benzene rings is 1. The van der Waals surface area contributed by atoms with Crippen molar-refractivity contribution in [2.75, 3.05) is 0 Å². The zero-order valence-corrected chi connectivity index (χ0v) is 8.55. The second-order valence-electron chi connectivity index (χ2n) is 3.53. The Morgan fingerprint density at radius 2 is 2.12 bits per heavy atom. The Morgan fingerprint density at radius 3 is 2.81 bits per heavy atom. The molecule has 16 heavy (non-hydrogen) atoms. The first-order valence-corrected chi connectivity index (χ1v) is 4.95. The fourth-order valence-electron chi connectivity index (χ4n) is 1.77. The van der Waals surface area contributed by atoms with Crippen LogP contribution in [0.15, 0.2) is 30.5 Å². The van der Waals surface area contributed by atoms with Crippen LogP contribution in [0.25, 0.3) is 10.9 Å². The Kier molecular flexibility index (Phi) is 2.72. The van der Waals surface area contributed by atoms with Crippen molar-refractivity contribution in [3.63, 3.8) is 0 Å². The average Bonchev–Trinajstić information content (AvgIpc) is 2.65. The number of aryl methyl sites for hydroxylation is 1. The van der Waals surface area contributed by atoms with Crippen LogP contribution in [0.1, 0.15) is 16.8 Å². The topological polar surface area (TPSA) is 62.1 Å². The fraction of sp³-hybridized carbons (Fsp3) is 0.167. The second-order valence-corrected chi connectivity index (χ2v) is 3.53. The summed E-state index contributed by atoms with van der Waals surface area (Å²) in [5.41, 5.74) is 1.44. The highest BCUT2D eigenvalue weighted by Gasteiger charge is 2.06. The fourth-order valence-corrected chi connectivity index (χ4v) is 1.77. The van der Waals surface area contributed by atoms with E-state index in [9.17, 15) is 14.7 Å². The number of para-hydroxylation sites is 1. The van der Waals surface area contributed by atoms with E-state index >= 15 is 0 Å². The van der Waals surface area contributed by atoms with E-state index in [0.29, 0.717) is 12.1 Å². The van der Waals surface area contributed by atoms with Crippen LogP contribution in [-0.4, -0.2) is 16.8 Å². The van der Waals surface area contributed by atoms with Gasteiger partial charge in [-0.15, -0.1) is 0 Å². The summed E-state index contributed by atoms with van der Waals surface area (Å²) < 4.78 is 1.76. The number of hydrogen-bond donors (Lipinski definition) is 0. The lowest BCUT2D eigenvalue weighted by atomic mass is 10.2. The standard InChI is InChI=1S/C12H11NO3/c14-8-9-7-13(6-5-12(15)16)11-4-2-1-3-10(9)11/h1-4,7-8H,5-6H2,(H,15,16)/p-1. The molecule has 82 valence electrons. The molecule has 4 nitrogen and oxygen atoms in total. The van der Waals surface area contributed by atoms with Gasteiger partial charge in [-0.25, -0.2) is 0 Å². The molecule has 0 N–H and O–H groups in total. The Balaban J connectivity index is 2.45. The van der Waals surface area contributed by atoms with Gasteiger partial charge in [0.1, 0.15) is 0 Å². The number of carbonyl (C=O) groups is 2. The van der Waals surface area contributed by atoms with E-state index in [1.165, 1.54) is 0 Å². The SMILES string of the molecule is O=Cc1cn(CCC(=O)[O-])c2ccccc12. The molecule has 0 saturated heterocycles. The van der Waals surface area contributed by atoms with Crippen molar-refractivity contribution in [1.29, 1.82) is 0 Å². The summed E-state index contributed by atoms with van der Waals surface area (Å²) in [6.07, 6.45) is 2.38. The van der Waals surface area contributed by atoms with Crippen molar-refractivity contribution in [1.82, 2.24) is 4.57 Å². The van der Waals surface area contributed by atoms with Crippen LogP contribution in [0.4, 0.5) is 0 Å². The van der Waals surface area contributed by atoms with E-state index in [1.54, 1.807) is 10.8 Å². The number of carboxylic acid groups (broad SMARTS) is 1. The average molecular weight is 216 g/mol. The minimum absolute atomic E-state index is 0.0586. The number of aldehydes is 1. The van der Waals surface area contributed by atoms with Gasteiger partial charge in [0.25, 0.3) is 0 Å². The molecule has 4 heteroatoms. The monoisotopic (exact) mass is 216 g/mol. The molecule has 0 aliphatic carbocycles. The molecule has 0 aliphatic heterocycles. The Hall–Kier alpha value is -2.10. The van der Waals surface area contributed by atoms with Crippen molar-refractivity contribution in [3.05, 3.63) is 36.0 Å². The Morgan fingerprint density at radius 1 is 1.38 bits per heavy atom. The third-order valence-electron chi connectivity index (χ3n) is 2.50. The zero-order valence-electron chi connectivity index (χ0n) is 8.55. The van der Waals surface area contributed by atoms with Gasteiger partial charge >= 0.3 is 0 Å². The van der Waals surface area contributed by atoms with E-state index in [-0.39, 0.29) is 6.42 Å². The molecule has 1 heterocycles. The first-order chi connectivity index (χ1) is 7.72. The van der Waals surface area contributed by atoms with E-state index < -0.39 is 5.97 Å². The number of rotatable bonds is 4. The minimum atomic E-state index is -1.09. The number of fused-ring (bicyclic) bond motifs is 1. The summed E-state index contributed by atoms with van der Waals surface area (Å²) in [4.78, 5) is 21.2. The zero-order chi connectivity index (χ0) is 11.5. The molecule has 0 spiro atoms. The van der Waals surface area contributed by atoms with Crippen molar-refractivity contribution >= 4 is 23.2 Å². The number of carbonyl (C=O) groups excluding carboxylic acids is 2. The van der Waals surface area contributed by atoms with Crippen molar-refractivity contribution < 1.29 is 14.7 Å². The molecule has 0 fully saturated rings. The quantitative estimate of drug-likeness (QED) is 0.703. The Labute approximate surface area is 92.1 Å². The lowest BCUT2D eigenvalue weighted by molar-refractivity contribution is -0.305. The molecule has 0 atom stereocenters. The van der Waals surface area contributed by atoms with Crippen molar-refractivity contribution in [3.8, 4) is 0 Å². The number of hydrogen-bond acceptors (Lipinski definition) is 3. The van der Waals surface area contributed by atoms with Gasteiger partial charge < -0.3 is 14.5 Å². The maximum Gasteiger partial charge on any atom is 0.152 e. The normalized spacial score (nSPS) is 10.5. The predicted molar refractivity (Wildman–Crippen MR) is 56.9 cm³/mol. The van der Waals surface area contributed by atoms with Crippen LogP contribution < -0.4 is 5.11 Å². The van der Waals surface area contributed by atoms with Crippen molar-refractivity contribution in [2.24, 2.45) is 0 Å². The van der Waals surface area contributed by atoms with Gasteiger partial charge in [0.05, 0.1) is 0 Å². The predicted octanol–water partition coefficient (Wildman–Crippen LogP) is 0.594. The third kappa shape index (κ3) is 1.82. The molecule has 0 saturated carbocycles. The van der Waals surface area contributed by atoms with Gasteiger partial charge in [-0.2, -0.15) is 0 Å². The molecule has 0 bridgehead atoms. The summed E-state index contributed by atoms with van der Waals surface area (Å²) in [7, 11) is 0. The summed E-state index contributed by atoms with van der Waals surface area (Å²) in [5, 5.41) is 11.2. The first-order valence-electron chi connectivity index (χ1n) is 4.95. The maximum absolute atomic E-state index is 10.8. The molecule has 0 aliphatic rings. The van der Waals surface area contributed by atoms with E-state index in [0.717, 1.165) is 17.2 Å². The number of carboxylic acids is 1. The van der Waals surface area contributed by atoms with Gasteiger partial charge in [0, 0.05) is 41.6 Å². The van der Waals surface area contributed by atoms with Gasteiger partial charge in [-0.3, -0.25) is 4.79 Å². The Bertz CT molecular complexity index is 542. The summed E-state index contributed by atoms with van der Waals surface area (Å²) in [6.45, 7) is 0.316. The summed E-state index contributed by atoms with van der Waals surface area (Å²) in [5.74, 6) is -1.09. The highest BCUT2D eigenvalue weighted by atomic mass is 16.4. The minimum Gasteiger partial charge on any atom is -0.550 e. The molecule has 0 amide bonds. The van der Waals surface area contributed by atoms with Gasteiger partial charge in [0.15, 0.2) is 6.29 Å². The molecule has 2 rings (SSSR count). The van der Waals surface area contributed by atoms with Crippen LogP contribution in [0.2, 0.25) is 0 Å². The van der Waals surface area contributed by atoms with Gasteiger partial charge in [-0.1, -0.05) is 18.2 Å². The lowest BCUT2D eigenvalue weighted by Gasteiger charge is -2.05. The molecule has 0 unspecified atom stereocenters. The number of aliphatic carboxylic acids is 1. The lowest BCUT2D eigenvalue weighted by Crippen LogP contribution is -2.23. The van der Waals surface area contributed by atoms with Crippen LogP contribution in [0.5, 0.6) is 0 Å². The molecule has 1 aromatic carbocycles.